The number of nitrogens with zero attached hydrogens (tertiary/aromatic N) is 2. The SMILES string of the molecule is COc1ccc(C(=O)C(C#N)c2cccs2)cc1[N+](=O)[O-]. The number of Topliss-reactive ketones (excluding diaryl/α,β-unsaturated/α-hetero) is 1. The quantitative estimate of drug-likeness (QED) is 0.480. The molecule has 0 aliphatic rings. The molecule has 1 aromatic heterocycles. The van der Waals surface area contributed by atoms with E-state index in [1.165, 1.54) is 30.6 Å². The molecule has 1 unspecified atom stereocenters. The van der Waals surface area contributed by atoms with Crippen LogP contribution in [0.2, 0.25) is 0 Å². The van der Waals surface area contributed by atoms with Crippen LogP contribution in [0, 0.1) is 21.4 Å². The molecule has 106 valence electrons. The van der Waals surface area contributed by atoms with Gasteiger partial charge in [0.05, 0.1) is 18.1 Å². The number of benzene rings is 1. The number of ketones is 1. The average molecular weight is 302 g/mol. The Balaban J connectivity index is 2.42. The summed E-state index contributed by atoms with van der Waals surface area (Å²) < 4.78 is 4.88. The molecule has 0 spiro atoms. The molecule has 1 aromatic carbocycles. The highest BCUT2D eigenvalue weighted by atomic mass is 32.1. The Morgan fingerprint density at radius 2 is 2.24 bits per heavy atom. The fraction of sp³-hybridized carbons (Fsp3) is 0.143. The summed E-state index contributed by atoms with van der Waals surface area (Å²) in [6.07, 6.45) is 0. The molecule has 21 heavy (non-hydrogen) atoms. The van der Waals surface area contributed by atoms with Gasteiger partial charge in [-0.15, -0.1) is 11.3 Å². The van der Waals surface area contributed by atoms with Gasteiger partial charge in [-0.25, -0.2) is 0 Å². The zero-order chi connectivity index (χ0) is 15.4. The monoisotopic (exact) mass is 302 g/mol. The summed E-state index contributed by atoms with van der Waals surface area (Å²) in [6.45, 7) is 0. The van der Waals surface area contributed by atoms with Crippen molar-refractivity contribution in [2.75, 3.05) is 7.11 Å². The molecule has 0 aliphatic carbocycles. The summed E-state index contributed by atoms with van der Waals surface area (Å²) in [6, 6.07) is 9.29. The van der Waals surface area contributed by atoms with Gasteiger partial charge in [0.15, 0.2) is 11.5 Å². The van der Waals surface area contributed by atoms with Crippen molar-refractivity contribution in [2.45, 2.75) is 5.92 Å². The molecule has 0 N–H and O–H groups in total. The van der Waals surface area contributed by atoms with Crippen molar-refractivity contribution < 1.29 is 14.5 Å². The van der Waals surface area contributed by atoms with Crippen LogP contribution in [-0.4, -0.2) is 17.8 Å². The molecule has 1 heterocycles. The van der Waals surface area contributed by atoms with Gasteiger partial charge in [-0.1, -0.05) is 6.07 Å². The van der Waals surface area contributed by atoms with Crippen LogP contribution >= 0.6 is 11.3 Å². The molecular weight excluding hydrogens is 292 g/mol. The fourth-order valence-corrected chi connectivity index (χ4v) is 2.63. The third kappa shape index (κ3) is 2.90. The molecule has 6 nitrogen and oxygen atoms in total. The number of thiophene rings is 1. The Hall–Kier alpha value is -2.72. The second-order valence-electron chi connectivity index (χ2n) is 4.09. The zero-order valence-electron chi connectivity index (χ0n) is 11.0. The maximum absolute atomic E-state index is 12.4. The summed E-state index contributed by atoms with van der Waals surface area (Å²) in [5, 5.41) is 21.9. The van der Waals surface area contributed by atoms with E-state index in [-0.39, 0.29) is 17.0 Å². The van der Waals surface area contributed by atoms with Crippen LogP contribution in [0.3, 0.4) is 0 Å². The van der Waals surface area contributed by atoms with Crippen molar-refractivity contribution in [1.82, 2.24) is 0 Å². The molecule has 0 fully saturated rings. The van der Waals surface area contributed by atoms with E-state index in [0.29, 0.717) is 4.88 Å². The van der Waals surface area contributed by atoms with Crippen molar-refractivity contribution in [3.8, 4) is 11.8 Å². The summed E-state index contributed by atoms with van der Waals surface area (Å²) in [4.78, 5) is 23.3. The Bertz CT molecular complexity index is 719. The van der Waals surface area contributed by atoms with Gasteiger partial charge >= 0.3 is 5.69 Å². The number of ether oxygens (including phenoxy) is 1. The van der Waals surface area contributed by atoms with Gasteiger partial charge in [-0.2, -0.15) is 5.26 Å². The third-order valence-electron chi connectivity index (χ3n) is 2.88. The lowest BCUT2D eigenvalue weighted by Crippen LogP contribution is -2.10. The van der Waals surface area contributed by atoms with Crippen molar-refractivity contribution >= 4 is 22.8 Å². The first-order valence-electron chi connectivity index (χ1n) is 5.88. The van der Waals surface area contributed by atoms with Gasteiger partial charge in [0.25, 0.3) is 0 Å². The highest BCUT2D eigenvalue weighted by Gasteiger charge is 2.25. The smallest absolute Gasteiger partial charge is 0.311 e. The number of hydrogen-bond acceptors (Lipinski definition) is 6. The normalized spacial score (nSPS) is 11.4. The maximum atomic E-state index is 12.4. The standard InChI is InChI=1S/C14H10N2O4S/c1-20-12-5-4-9(7-11(12)16(18)19)14(17)10(8-15)13-3-2-6-21-13/h2-7,10H,1H3. The lowest BCUT2D eigenvalue weighted by molar-refractivity contribution is -0.385. The minimum absolute atomic E-state index is 0.0705. The van der Waals surface area contributed by atoms with Gasteiger partial charge in [0.1, 0.15) is 5.92 Å². The van der Waals surface area contributed by atoms with Crippen LogP contribution in [0.4, 0.5) is 5.69 Å². The highest BCUT2D eigenvalue weighted by molar-refractivity contribution is 7.10. The van der Waals surface area contributed by atoms with E-state index in [9.17, 15) is 20.2 Å². The predicted octanol–water partition coefficient (Wildman–Crippen LogP) is 3.15. The van der Waals surface area contributed by atoms with Crippen molar-refractivity contribution in [2.24, 2.45) is 0 Å². The zero-order valence-corrected chi connectivity index (χ0v) is 11.8. The first kappa shape index (κ1) is 14.7. The summed E-state index contributed by atoms with van der Waals surface area (Å²) >= 11 is 1.29. The Kier molecular flexibility index (Phi) is 4.30. The average Bonchev–Trinajstić information content (AvgIpc) is 3.01. The topological polar surface area (TPSA) is 93.2 Å². The van der Waals surface area contributed by atoms with Crippen molar-refractivity contribution in [3.63, 3.8) is 0 Å². The minimum Gasteiger partial charge on any atom is -0.490 e. The molecule has 0 aliphatic heterocycles. The number of hydrogen-bond donors (Lipinski definition) is 0. The van der Waals surface area contributed by atoms with Crippen LogP contribution in [0.15, 0.2) is 35.7 Å². The highest BCUT2D eigenvalue weighted by Crippen LogP contribution is 2.31. The van der Waals surface area contributed by atoms with Crippen molar-refractivity contribution in [3.05, 3.63) is 56.3 Å². The van der Waals surface area contributed by atoms with Crippen LogP contribution in [0.1, 0.15) is 21.2 Å². The number of nitriles is 1. The first-order valence-corrected chi connectivity index (χ1v) is 6.76. The molecule has 2 aromatic rings. The van der Waals surface area contributed by atoms with E-state index in [0.717, 1.165) is 6.07 Å². The largest absolute Gasteiger partial charge is 0.490 e. The lowest BCUT2D eigenvalue weighted by Gasteiger charge is -2.07. The molecule has 0 saturated carbocycles. The number of methoxy groups -OCH3 is 1. The summed E-state index contributed by atoms with van der Waals surface area (Å²) in [7, 11) is 1.31. The van der Waals surface area contributed by atoms with E-state index < -0.39 is 16.6 Å². The van der Waals surface area contributed by atoms with Gasteiger partial charge in [0.2, 0.25) is 0 Å². The Labute approximate surface area is 124 Å². The number of carbonyl (C=O) groups is 1. The van der Waals surface area contributed by atoms with Gasteiger partial charge < -0.3 is 4.74 Å². The lowest BCUT2D eigenvalue weighted by atomic mass is 9.97. The molecular formula is C14H10N2O4S. The molecule has 0 bridgehead atoms. The first-order chi connectivity index (χ1) is 10.1. The van der Waals surface area contributed by atoms with Crippen molar-refractivity contribution in [1.29, 1.82) is 5.26 Å². The molecule has 0 amide bonds. The van der Waals surface area contributed by atoms with Gasteiger partial charge in [0, 0.05) is 16.5 Å². The minimum atomic E-state index is -0.960. The molecule has 2 rings (SSSR count). The number of nitro benzene ring substituents is 1. The third-order valence-corrected chi connectivity index (χ3v) is 3.82. The van der Waals surface area contributed by atoms with E-state index >= 15 is 0 Å². The predicted molar refractivity (Wildman–Crippen MR) is 76.7 cm³/mol. The molecule has 1 atom stereocenters. The number of rotatable bonds is 5. The van der Waals surface area contributed by atoms with Crippen LogP contribution < -0.4 is 4.74 Å². The van der Waals surface area contributed by atoms with Gasteiger partial charge in [-0.3, -0.25) is 14.9 Å². The maximum Gasteiger partial charge on any atom is 0.311 e. The Morgan fingerprint density at radius 1 is 1.48 bits per heavy atom. The second-order valence-corrected chi connectivity index (χ2v) is 5.06. The Morgan fingerprint density at radius 3 is 2.76 bits per heavy atom. The number of nitro groups is 1. The van der Waals surface area contributed by atoms with E-state index in [2.05, 4.69) is 0 Å². The molecule has 0 saturated heterocycles. The van der Waals surface area contributed by atoms with E-state index in [4.69, 9.17) is 4.74 Å². The summed E-state index contributed by atoms with van der Waals surface area (Å²) in [5.41, 5.74) is -0.186. The molecule has 7 heteroatoms. The fourth-order valence-electron chi connectivity index (χ4n) is 1.86. The summed E-state index contributed by atoms with van der Waals surface area (Å²) in [5.74, 6) is -1.36. The van der Waals surface area contributed by atoms with E-state index in [1.807, 2.05) is 6.07 Å². The van der Waals surface area contributed by atoms with Crippen LogP contribution in [0.5, 0.6) is 5.75 Å². The second kappa shape index (κ2) is 6.15. The number of carbonyl (C=O) groups excluding carboxylic acids is 1. The van der Waals surface area contributed by atoms with E-state index in [1.54, 1.807) is 17.5 Å². The van der Waals surface area contributed by atoms with Crippen LogP contribution in [-0.2, 0) is 0 Å². The van der Waals surface area contributed by atoms with Crippen LogP contribution in [0.25, 0.3) is 0 Å². The van der Waals surface area contributed by atoms with Gasteiger partial charge in [-0.05, 0) is 23.6 Å². The molecule has 0 radical (unpaired) electrons.